The maximum absolute atomic E-state index is 11.5. The van der Waals surface area contributed by atoms with Crippen LogP contribution in [0.1, 0.15) is 16.8 Å². The number of carbonyl (C=O) groups is 1. The Morgan fingerprint density at radius 2 is 1.94 bits per heavy atom. The van der Waals surface area contributed by atoms with E-state index in [-0.39, 0.29) is 11.5 Å². The molecule has 1 rings (SSSR count). The summed E-state index contributed by atoms with van der Waals surface area (Å²) in [5.74, 6) is -0.466. The van der Waals surface area contributed by atoms with Gasteiger partial charge in [-0.25, -0.2) is 13.2 Å². The van der Waals surface area contributed by atoms with Gasteiger partial charge in [0.05, 0.1) is 17.1 Å². The highest BCUT2D eigenvalue weighted by Crippen LogP contribution is 2.11. The highest BCUT2D eigenvalue weighted by Gasteiger charge is 2.10. The molecule has 0 amide bonds. The highest BCUT2D eigenvalue weighted by molar-refractivity contribution is 7.90. The van der Waals surface area contributed by atoms with Gasteiger partial charge in [-0.15, -0.1) is 6.58 Å². The molecule has 92 valence electrons. The second kappa shape index (κ2) is 5.63. The van der Waals surface area contributed by atoms with Crippen molar-refractivity contribution < 1.29 is 17.9 Å². The number of hydrogen-bond acceptors (Lipinski definition) is 4. The van der Waals surface area contributed by atoms with E-state index in [1.165, 1.54) is 24.3 Å². The molecule has 17 heavy (non-hydrogen) atoms. The summed E-state index contributed by atoms with van der Waals surface area (Å²) in [6.07, 6.45) is 3.36. The van der Waals surface area contributed by atoms with Gasteiger partial charge < -0.3 is 4.74 Å². The molecule has 0 saturated heterocycles. The molecule has 0 radical (unpaired) electrons. The van der Waals surface area contributed by atoms with E-state index < -0.39 is 15.8 Å². The Hall–Kier alpha value is -1.62. The molecule has 0 aromatic heterocycles. The topological polar surface area (TPSA) is 60.4 Å². The van der Waals surface area contributed by atoms with E-state index in [9.17, 15) is 13.2 Å². The molecule has 0 fully saturated rings. The monoisotopic (exact) mass is 254 g/mol. The Bertz CT molecular complexity index is 500. The molecule has 1 aromatic rings. The molecule has 0 spiro atoms. The summed E-state index contributed by atoms with van der Waals surface area (Å²) < 4.78 is 27.3. The third kappa shape index (κ3) is 4.03. The first-order chi connectivity index (χ1) is 7.95. The summed E-state index contributed by atoms with van der Waals surface area (Å²) in [6, 6.07) is 5.65. The summed E-state index contributed by atoms with van der Waals surface area (Å²) in [5.41, 5.74) is 0.335. The van der Waals surface area contributed by atoms with Gasteiger partial charge in [0.15, 0.2) is 9.84 Å². The van der Waals surface area contributed by atoms with Crippen molar-refractivity contribution in [3.05, 3.63) is 42.5 Å². The molecule has 0 heterocycles. The highest BCUT2D eigenvalue weighted by atomic mass is 32.2. The zero-order valence-corrected chi connectivity index (χ0v) is 10.4. The number of carbonyl (C=O) groups excluding carboxylic acids is 1. The minimum atomic E-state index is -3.23. The summed E-state index contributed by atoms with van der Waals surface area (Å²) in [4.78, 5) is 11.7. The van der Waals surface area contributed by atoms with Crippen LogP contribution in [0.5, 0.6) is 0 Å². The van der Waals surface area contributed by atoms with E-state index >= 15 is 0 Å². The van der Waals surface area contributed by atoms with Crippen LogP contribution in [0.15, 0.2) is 41.8 Å². The van der Waals surface area contributed by atoms with Gasteiger partial charge in [0.2, 0.25) is 0 Å². The Morgan fingerprint density at radius 1 is 1.35 bits per heavy atom. The van der Waals surface area contributed by atoms with Crippen molar-refractivity contribution >= 4 is 15.8 Å². The van der Waals surface area contributed by atoms with Gasteiger partial charge in [0, 0.05) is 6.26 Å². The second-order valence-corrected chi connectivity index (χ2v) is 5.53. The number of benzene rings is 1. The van der Waals surface area contributed by atoms with Crippen LogP contribution in [0.3, 0.4) is 0 Å². The van der Waals surface area contributed by atoms with Crippen LogP contribution in [-0.4, -0.2) is 27.2 Å². The average molecular weight is 254 g/mol. The Labute approximate surface area is 101 Å². The van der Waals surface area contributed by atoms with Crippen molar-refractivity contribution in [2.75, 3.05) is 12.9 Å². The fourth-order valence-electron chi connectivity index (χ4n) is 1.16. The SMILES string of the molecule is C=CCCOC(=O)c1ccc(S(C)(=O)=O)cc1. The fraction of sp³-hybridized carbons (Fsp3) is 0.250. The smallest absolute Gasteiger partial charge is 0.338 e. The van der Waals surface area contributed by atoms with Gasteiger partial charge in [-0.1, -0.05) is 6.08 Å². The van der Waals surface area contributed by atoms with E-state index in [1.54, 1.807) is 6.08 Å². The number of rotatable bonds is 5. The summed E-state index contributed by atoms with van der Waals surface area (Å²) in [6.45, 7) is 3.78. The largest absolute Gasteiger partial charge is 0.462 e. The minimum Gasteiger partial charge on any atom is -0.462 e. The summed E-state index contributed by atoms with van der Waals surface area (Å²) >= 11 is 0. The zero-order valence-electron chi connectivity index (χ0n) is 9.55. The van der Waals surface area contributed by atoms with Gasteiger partial charge in [0.25, 0.3) is 0 Å². The fourth-order valence-corrected chi connectivity index (χ4v) is 1.79. The molecule has 0 aliphatic carbocycles. The van der Waals surface area contributed by atoms with Gasteiger partial charge in [-0.3, -0.25) is 0 Å². The molecule has 5 heteroatoms. The first-order valence-corrected chi connectivity index (χ1v) is 6.92. The van der Waals surface area contributed by atoms with Crippen LogP contribution < -0.4 is 0 Å². The third-order valence-electron chi connectivity index (χ3n) is 2.07. The minimum absolute atomic E-state index is 0.181. The molecule has 1 aromatic carbocycles. The van der Waals surface area contributed by atoms with E-state index in [2.05, 4.69) is 6.58 Å². The van der Waals surface area contributed by atoms with E-state index in [0.29, 0.717) is 12.0 Å². The summed E-state index contributed by atoms with van der Waals surface area (Å²) in [7, 11) is -3.23. The normalized spacial score (nSPS) is 10.9. The third-order valence-corrected chi connectivity index (χ3v) is 3.20. The first-order valence-electron chi connectivity index (χ1n) is 5.03. The van der Waals surface area contributed by atoms with E-state index in [4.69, 9.17) is 4.74 Å². The number of sulfone groups is 1. The second-order valence-electron chi connectivity index (χ2n) is 3.51. The van der Waals surface area contributed by atoms with Crippen molar-refractivity contribution in [3.8, 4) is 0 Å². The predicted molar refractivity (Wildman–Crippen MR) is 64.6 cm³/mol. The van der Waals surface area contributed by atoms with Crippen LogP contribution in [-0.2, 0) is 14.6 Å². The van der Waals surface area contributed by atoms with Gasteiger partial charge >= 0.3 is 5.97 Å². The van der Waals surface area contributed by atoms with Crippen LogP contribution >= 0.6 is 0 Å². The zero-order chi connectivity index (χ0) is 12.9. The maximum Gasteiger partial charge on any atom is 0.338 e. The molecule has 0 unspecified atom stereocenters. The van der Waals surface area contributed by atoms with E-state index in [1.807, 2.05) is 0 Å². The lowest BCUT2D eigenvalue weighted by atomic mass is 10.2. The van der Waals surface area contributed by atoms with Crippen molar-refractivity contribution in [1.82, 2.24) is 0 Å². The van der Waals surface area contributed by atoms with Crippen LogP contribution in [0.4, 0.5) is 0 Å². The molecule has 4 nitrogen and oxygen atoms in total. The lowest BCUT2D eigenvalue weighted by molar-refractivity contribution is 0.0511. The van der Waals surface area contributed by atoms with Crippen molar-refractivity contribution in [1.29, 1.82) is 0 Å². The lowest BCUT2D eigenvalue weighted by Crippen LogP contribution is -2.06. The van der Waals surface area contributed by atoms with Gasteiger partial charge in [0.1, 0.15) is 0 Å². The van der Waals surface area contributed by atoms with Crippen LogP contribution in [0.25, 0.3) is 0 Å². The molecule has 0 atom stereocenters. The number of ether oxygens (including phenoxy) is 1. The van der Waals surface area contributed by atoms with Crippen molar-refractivity contribution in [2.45, 2.75) is 11.3 Å². The Morgan fingerprint density at radius 3 is 2.41 bits per heavy atom. The average Bonchev–Trinajstić information content (AvgIpc) is 2.28. The maximum atomic E-state index is 11.5. The van der Waals surface area contributed by atoms with Gasteiger partial charge in [-0.2, -0.15) is 0 Å². The molecule has 0 saturated carbocycles. The molecule has 0 aliphatic rings. The molecule has 0 bridgehead atoms. The number of esters is 1. The molecular formula is C12H14O4S. The van der Waals surface area contributed by atoms with Gasteiger partial charge in [-0.05, 0) is 30.7 Å². The van der Waals surface area contributed by atoms with Crippen molar-refractivity contribution in [3.63, 3.8) is 0 Å². The van der Waals surface area contributed by atoms with Crippen LogP contribution in [0.2, 0.25) is 0 Å². The Balaban J connectivity index is 2.74. The first kappa shape index (κ1) is 13.4. The summed E-state index contributed by atoms with van der Waals surface area (Å²) in [5, 5.41) is 0. The van der Waals surface area contributed by atoms with E-state index in [0.717, 1.165) is 6.26 Å². The standard InChI is InChI=1S/C12H14O4S/c1-3-4-9-16-12(13)10-5-7-11(8-6-10)17(2,14)15/h3,5-8H,1,4,9H2,2H3. The van der Waals surface area contributed by atoms with Crippen LogP contribution in [0, 0.1) is 0 Å². The molecule has 0 N–H and O–H groups in total. The molecule has 0 aliphatic heterocycles. The molecular weight excluding hydrogens is 240 g/mol. The lowest BCUT2D eigenvalue weighted by Gasteiger charge is -2.03. The number of hydrogen-bond donors (Lipinski definition) is 0. The quantitative estimate of drug-likeness (QED) is 0.457. The van der Waals surface area contributed by atoms with Crippen molar-refractivity contribution in [2.24, 2.45) is 0 Å². The predicted octanol–water partition coefficient (Wildman–Crippen LogP) is 1.82. The Kier molecular flexibility index (Phi) is 4.45.